The smallest absolute Gasteiger partial charge is 0.193 e. The van der Waals surface area contributed by atoms with E-state index in [1.165, 1.54) is 11.1 Å². The minimum Gasteiger partial charge on any atom is -0.305 e. The van der Waals surface area contributed by atoms with Gasteiger partial charge in [-0.15, -0.1) is 22.6 Å². The highest BCUT2D eigenvalue weighted by Gasteiger charge is 2.18. The van der Waals surface area contributed by atoms with E-state index in [-0.39, 0.29) is 18.2 Å². The van der Waals surface area contributed by atoms with Crippen molar-refractivity contribution in [2.75, 3.05) is 18.8 Å². The summed E-state index contributed by atoms with van der Waals surface area (Å²) in [6.45, 7) is 3.07. The normalized spacial score (nSPS) is 13.1. The van der Waals surface area contributed by atoms with Crippen molar-refractivity contribution in [2.45, 2.75) is 31.0 Å². The first-order valence-electron chi connectivity index (χ1n) is 12.2. The minimum absolute atomic E-state index is 0. The first kappa shape index (κ1) is 26.1. The molecule has 186 valence electrons. The number of benzene rings is 3. The zero-order chi connectivity index (χ0) is 24.0. The van der Waals surface area contributed by atoms with E-state index < -0.39 is 0 Å². The zero-order valence-electron chi connectivity index (χ0n) is 20.5. The Morgan fingerprint density at radius 1 is 0.889 bits per heavy atom. The van der Waals surface area contributed by atoms with Crippen molar-refractivity contribution in [1.29, 1.82) is 0 Å². The van der Waals surface area contributed by atoms with Gasteiger partial charge >= 0.3 is 0 Å². The Hall–Kier alpha value is -2.93. The van der Waals surface area contributed by atoms with Crippen molar-refractivity contribution < 1.29 is 4.79 Å². The molecule has 0 saturated carbocycles. The second-order valence-corrected chi connectivity index (χ2v) is 10.1. The van der Waals surface area contributed by atoms with Crippen LogP contribution in [0.4, 0.5) is 0 Å². The summed E-state index contributed by atoms with van der Waals surface area (Å²) in [6, 6.07) is 26.0. The van der Waals surface area contributed by atoms with Crippen LogP contribution in [0.3, 0.4) is 0 Å². The van der Waals surface area contributed by atoms with Gasteiger partial charge < -0.3 is 4.57 Å². The average molecular weight is 519 g/mol. The van der Waals surface area contributed by atoms with E-state index in [4.69, 9.17) is 0 Å². The lowest BCUT2D eigenvalue weighted by Crippen LogP contribution is -2.31. The maximum absolute atomic E-state index is 12.9. The molecule has 36 heavy (non-hydrogen) atoms. The molecule has 2 heterocycles. The molecule has 0 saturated heterocycles. The Kier molecular flexibility index (Phi) is 8.97. The molecule has 0 spiro atoms. The summed E-state index contributed by atoms with van der Waals surface area (Å²) in [5, 5.41) is 9.73. The van der Waals surface area contributed by atoms with Crippen molar-refractivity contribution in [3.8, 4) is 11.4 Å². The number of fused-ring (bicyclic) bond motifs is 1. The summed E-state index contributed by atoms with van der Waals surface area (Å²) in [5.41, 5.74) is 5.29. The number of thioether (sulfide) groups is 1. The van der Waals surface area contributed by atoms with Crippen LogP contribution < -0.4 is 0 Å². The quantitative estimate of drug-likeness (QED) is 0.153. The highest BCUT2D eigenvalue weighted by atomic mass is 35.5. The topological polar surface area (TPSA) is 51.0 Å². The molecule has 0 unspecified atom stereocenters. The molecule has 0 fully saturated rings. The molecule has 5 nitrogen and oxygen atoms in total. The molecule has 5 rings (SSSR count). The molecule has 7 heteroatoms. The fourth-order valence-electron chi connectivity index (χ4n) is 4.58. The summed E-state index contributed by atoms with van der Waals surface area (Å²) in [5.74, 6) is 2.04. The van der Waals surface area contributed by atoms with Crippen LogP contribution in [0.15, 0.2) is 84.0 Å². The summed E-state index contributed by atoms with van der Waals surface area (Å²) >= 11 is 1.77. The fraction of sp³-hybridized carbons (Fsp3) is 0.276. The maximum Gasteiger partial charge on any atom is 0.193 e. The number of unbranched alkanes of at least 4 members (excludes halogenated alkanes) is 1. The fourth-order valence-corrected chi connectivity index (χ4v) is 5.49. The van der Waals surface area contributed by atoms with Crippen molar-refractivity contribution in [1.82, 2.24) is 19.7 Å². The number of halogens is 1. The molecule has 4 aromatic rings. The van der Waals surface area contributed by atoms with Crippen LogP contribution in [0.2, 0.25) is 0 Å². The number of carbonyl (C=O) groups is 1. The molecule has 0 atom stereocenters. The molecule has 0 amide bonds. The van der Waals surface area contributed by atoms with Crippen LogP contribution in [0.5, 0.6) is 0 Å². The van der Waals surface area contributed by atoms with Crippen molar-refractivity contribution >= 4 is 30.0 Å². The van der Waals surface area contributed by atoms with Crippen LogP contribution >= 0.6 is 24.2 Å². The Bertz CT molecular complexity index is 1290. The second-order valence-electron chi connectivity index (χ2n) is 8.99. The molecule has 1 aliphatic heterocycles. The number of aromatic nitrogens is 3. The lowest BCUT2D eigenvalue weighted by Gasteiger charge is -2.29. The van der Waals surface area contributed by atoms with Crippen molar-refractivity contribution in [2.24, 2.45) is 7.05 Å². The molecule has 0 aliphatic carbocycles. The Morgan fingerprint density at radius 3 is 2.42 bits per heavy atom. The average Bonchev–Trinajstić information content (AvgIpc) is 3.28. The third-order valence-electron chi connectivity index (χ3n) is 6.56. The van der Waals surface area contributed by atoms with Crippen LogP contribution in [-0.2, 0) is 20.0 Å². The number of carbonyl (C=O) groups excluding carboxylic acids is 1. The largest absolute Gasteiger partial charge is 0.305 e. The van der Waals surface area contributed by atoms with Gasteiger partial charge in [-0.1, -0.05) is 84.6 Å². The van der Waals surface area contributed by atoms with E-state index in [0.29, 0.717) is 0 Å². The molecule has 1 aliphatic rings. The predicted octanol–water partition coefficient (Wildman–Crippen LogP) is 6.07. The van der Waals surface area contributed by atoms with Gasteiger partial charge in [0, 0.05) is 42.6 Å². The highest BCUT2D eigenvalue weighted by molar-refractivity contribution is 7.99. The van der Waals surface area contributed by atoms with Gasteiger partial charge in [-0.25, -0.2) is 0 Å². The van der Waals surface area contributed by atoms with Crippen LogP contribution in [0.25, 0.3) is 11.4 Å². The van der Waals surface area contributed by atoms with Gasteiger partial charge in [0.15, 0.2) is 16.8 Å². The number of ketones is 1. The monoisotopic (exact) mass is 518 g/mol. The van der Waals surface area contributed by atoms with Crippen molar-refractivity contribution in [3.05, 3.63) is 101 Å². The van der Waals surface area contributed by atoms with Gasteiger partial charge in [-0.05, 0) is 43.0 Å². The number of hydrogen-bond acceptors (Lipinski definition) is 5. The van der Waals surface area contributed by atoms with Crippen molar-refractivity contribution in [3.63, 3.8) is 0 Å². The SMILES string of the molecule is Cl.Cn1c(SCCCCN2CCc3ccc(C(=O)c4ccccc4)cc3C2)nnc1-c1ccccc1. The predicted molar refractivity (Wildman–Crippen MR) is 149 cm³/mol. The number of rotatable bonds is 9. The van der Waals surface area contributed by atoms with E-state index >= 15 is 0 Å². The van der Waals surface area contributed by atoms with E-state index in [0.717, 1.165) is 72.3 Å². The summed E-state index contributed by atoms with van der Waals surface area (Å²) in [7, 11) is 2.03. The van der Waals surface area contributed by atoms with Gasteiger partial charge in [-0.3, -0.25) is 9.69 Å². The Balaban J connectivity index is 0.00000304. The highest BCUT2D eigenvalue weighted by Crippen LogP contribution is 2.25. The van der Waals surface area contributed by atoms with Crippen LogP contribution in [-0.4, -0.2) is 44.3 Å². The van der Waals surface area contributed by atoms with Gasteiger partial charge in [0.1, 0.15) is 0 Å². The van der Waals surface area contributed by atoms with E-state index in [2.05, 4.69) is 43.9 Å². The van der Waals surface area contributed by atoms with E-state index in [1.54, 1.807) is 11.8 Å². The Morgan fingerprint density at radius 2 is 1.64 bits per heavy atom. The van der Waals surface area contributed by atoms with Crippen LogP contribution in [0.1, 0.15) is 39.9 Å². The maximum atomic E-state index is 12.9. The third-order valence-corrected chi connectivity index (χ3v) is 7.67. The number of nitrogens with zero attached hydrogens (tertiary/aromatic N) is 4. The first-order valence-corrected chi connectivity index (χ1v) is 13.2. The second kappa shape index (κ2) is 12.3. The molecule has 1 aromatic heterocycles. The Labute approximate surface area is 223 Å². The molecule has 0 radical (unpaired) electrons. The molecular weight excluding hydrogens is 488 g/mol. The number of hydrogen-bond donors (Lipinski definition) is 0. The van der Waals surface area contributed by atoms with Gasteiger partial charge in [0.2, 0.25) is 0 Å². The molecule has 0 bridgehead atoms. The molecular formula is C29H31ClN4OS. The summed E-state index contributed by atoms with van der Waals surface area (Å²) in [4.78, 5) is 15.4. The van der Waals surface area contributed by atoms with Gasteiger partial charge in [0.05, 0.1) is 0 Å². The lowest BCUT2D eigenvalue weighted by atomic mass is 9.94. The minimum atomic E-state index is 0. The van der Waals surface area contributed by atoms with E-state index in [1.807, 2.05) is 61.6 Å². The summed E-state index contributed by atoms with van der Waals surface area (Å²) < 4.78 is 2.08. The standard InChI is InChI=1S/C29H30N4OS.ClH/c1-32-28(24-12-6-3-7-13-24)30-31-29(32)35-19-9-8-17-33-18-16-22-14-15-25(20-26(22)21-33)27(34)23-10-4-2-5-11-23;/h2-7,10-15,20H,8-9,16-19,21H2,1H3;1H. The van der Waals surface area contributed by atoms with Crippen LogP contribution in [0, 0.1) is 0 Å². The van der Waals surface area contributed by atoms with Gasteiger partial charge in [-0.2, -0.15) is 0 Å². The summed E-state index contributed by atoms with van der Waals surface area (Å²) in [6.07, 6.45) is 3.33. The molecule has 3 aromatic carbocycles. The lowest BCUT2D eigenvalue weighted by molar-refractivity contribution is 0.103. The van der Waals surface area contributed by atoms with E-state index in [9.17, 15) is 4.79 Å². The van der Waals surface area contributed by atoms with Gasteiger partial charge in [0.25, 0.3) is 0 Å². The molecule has 0 N–H and O–H groups in total. The zero-order valence-corrected chi connectivity index (χ0v) is 22.1. The third kappa shape index (κ3) is 6.06. The first-order chi connectivity index (χ1) is 17.2.